The lowest BCUT2D eigenvalue weighted by molar-refractivity contribution is -0.128. The molecule has 0 N–H and O–H groups in total. The van der Waals surface area contributed by atoms with Crippen molar-refractivity contribution < 1.29 is 4.79 Å². The predicted molar refractivity (Wildman–Crippen MR) is 117 cm³/mol. The van der Waals surface area contributed by atoms with E-state index in [4.69, 9.17) is 0 Å². The highest BCUT2D eigenvalue weighted by atomic mass is 32.2. The van der Waals surface area contributed by atoms with Gasteiger partial charge in [0.25, 0.3) is 5.56 Å². The van der Waals surface area contributed by atoms with Gasteiger partial charge in [-0.15, -0.1) is 11.3 Å². The zero-order valence-corrected chi connectivity index (χ0v) is 18.1. The van der Waals surface area contributed by atoms with Gasteiger partial charge in [0.15, 0.2) is 5.16 Å². The molecule has 2 aromatic heterocycles. The number of rotatable bonds is 8. The molecule has 5 nitrogen and oxygen atoms in total. The van der Waals surface area contributed by atoms with Crippen LogP contribution in [-0.4, -0.2) is 32.7 Å². The number of thiophene rings is 1. The van der Waals surface area contributed by atoms with Gasteiger partial charge in [-0.25, -0.2) is 4.98 Å². The molecule has 0 unspecified atom stereocenters. The highest BCUT2D eigenvalue weighted by Gasteiger charge is 2.17. The smallest absolute Gasteiger partial charge is 0.272 e. The summed E-state index contributed by atoms with van der Waals surface area (Å²) in [5.74, 6) is 0.630. The Labute approximate surface area is 173 Å². The van der Waals surface area contributed by atoms with Gasteiger partial charge in [-0.05, 0) is 29.9 Å². The quantitative estimate of drug-likeness (QED) is 0.408. The van der Waals surface area contributed by atoms with Gasteiger partial charge in [0.05, 0.1) is 11.3 Å². The molecule has 0 spiro atoms. The van der Waals surface area contributed by atoms with Crippen LogP contribution in [0.3, 0.4) is 0 Å². The fourth-order valence-corrected chi connectivity index (χ4v) is 4.65. The van der Waals surface area contributed by atoms with Gasteiger partial charge in [0, 0.05) is 19.6 Å². The van der Waals surface area contributed by atoms with Gasteiger partial charge in [0.1, 0.15) is 4.70 Å². The molecule has 0 saturated heterocycles. The van der Waals surface area contributed by atoms with Crippen molar-refractivity contribution in [1.29, 1.82) is 0 Å². The molecular formula is C21H25N3O2S2. The second-order valence-electron chi connectivity index (χ2n) is 7.02. The van der Waals surface area contributed by atoms with E-state index in [9.17, 15) is 9.59 Å². The van der Waals surface area contributed by atoms with E-state index in [2.05, 4.69) is 18.8 Å². The summed E-state index contributed by atoms with van der Waals surface area (Å²) in [5, 5.41) is 2.51. The average Bonchev–Trinajstić information content (AvgIpc) is 3.16. The standard InChI is InChI=1S/C21H25N3O2S2/c1-4-23(13-16-8-6-5-7-9-16)18(25)14-28-21-22-17-10-11-27-19(17)20(26)24(21)12-15(2)3/h5-11,15H,4,12-14H2,1-3H3. The van der Waals surface area contributed by atoms with E-state index in [1.54, 1.807) is 4.57 Å². The summed E-state index contributed by atoms with van der Waals surface area (Å²) in [4.78, 5) is 32.1. The molecule has 0 aliphatic carbocycles. The Kier molecular flexibility index (Phi) is 6.91. The van der Waals surface area contributed by atoms with Crippen molar-refractivity contribution in [3.63, 3.8) is 0 Å². The molecule has 1 aromatic carbocycles. The summed E-state index contributed by atoms with van der Waals surface area (Å²) in [7, 11) is 0. The van der Waals surface area contributed by atoms with Gasteiger partial charge in [-0.1, -0.05) is 55.9 Å². The first-order valence-corrected chi connectivity index (χ1v) is 11.3. The van der Waals surface area contributed by atoms with Crippen molar-refractivity contribution in [2.24, 2.45) is 5.92 Å². The van der Waals surface area contributed by atoms with E-state index in [1.807, 2.05) is 53.6 Å². The molecule has 3 rings (SSSR count). The monoisotopic (exact) mass is 415 g/mol. The SMILES string of the molecule is CCN(Cc1ccccc1)C(=O)CSc1nc2ccsc2c(=O)n1CC(C)C. The van der Waals surface area contributed by atoms with Crippen LogP contribution in [0.4, 0.5) is 0 Å². The summed E-state index contributed by atoms with van der Waals surface area (Å²) >= 11 is 2.77. The summed E-state index contributed by atoms with van der Waals surface area (Å²) in [6, 6.07) is 11.8. The van der Waals surface area contributed by atoms with Crippen LogP contribution in [0.5, 0.6) is 0 Å². The number of nitrogens with zero attached hydrogens (tertiary/aromatic N) is 3. The maximum absolute atomic E-state index is 12.8. The number of carbonyl (C=O) groups is 1. The second-order valence-corrected chi connectivity index (χ2v) is 8.88. The molecule has 1 amide bonds. The number of hydrogen-bond acceptors (Lipinski definition) is 5. The normalized spacial score (nSPS) is 11.3. The Morgan fingerprint density at radius 3 is 2.68 bits per heavy atom. The summed E-state index contributed by atoms with van der Waals surface area (Å²) in [6.07, 6.45) is 0. The Bertz CT molecular complexity index is 996. The molecule has 148 valence electrons. The molecular weight excluding hydrogens is 390 g/mol. The van der Waals surface area contributed by atoms with E-state index < -0.39 is 0 Å². The Morgan fingerprint density at radius 1 is 1.25 bits per heavy atom. The van der Waals surface area contributed by atoms with Crippen LogP contribution >= 0.6 is 23.1 Å². The molecule has 0 aliphatic heterocycles. The van der Waals surface area contributed by atoms with Gasteiger partial charge >= 0.3 is 0 Å². The third-order valence-electron chi connectivity index (χ3n) is 4.35. The van der Waals surface area contributed by atoms with E-state index in [1.165, 1.54) is 23.1 Å². The lowest BCUT2D eigenvalue weighted by Crippen LogP contribution is -2.32. The minimum Gasteiger partial charge on any atom is -0.338 e. The minimum atomic E-state index is -0.0136. The number of aromatic nitrogens is 2. The van der Waals surface area contributed by atoms with Gasteiger partial charge in [0.2, 0.25) is 5.91 Å². The van der Waals surface area contributed by atoms with Crippen LogP contribution in [0.25, 0.3) is 10.2 Å². The first-order valence-electron chi connectivity index (χ1n) is 9.42. The number of carbonyl (C=O) groups excluding carboxylic acids is 1. The molecule has 0 atom stereocenters. The molecule has 0 radical (unpaired) electrons. The molecule has 28 heavy (non-hydrogen) atoms. The van der Waals surface area contributed by atoms with E-state index in [0.29, 0.717) is 40.9 Å². The van der Waals surface area contributed by atoms with Gasteiger partial charge in [-0.2, -0.15) is 0 Å². The lowest BCUT2D eigenvalue weighted by Gasteiger charge is -2.21. The molecule has 0 bridgehead atoms. The molecule has 0 saturated carbocycles. The number of benzene rings is 1. The van der Waals surface area contributed by atoms with E-state index in [-0.39, 0.29) is 17.2 Å². The van der Waals surface area contributed by atoms with Crippen molar-refractivity contribution in [1.82, 2.24) is 14.5 Å². The largest absolute Gasteiger partial charge is 0.338 e. The van der Waals surface area contributed by atoms with Crippen molar-refractivity contribution >= 4 is 39.2 Å². The van der Waals surface area contributed by atoms with Crippen molar-refractivity contribution in [3.05, 3.63) is 57.7 Å². The van der Waals surface area contributed by atoms with Gasteiger partial charge in [-0.3, -0.25) is 14.2 Å². The molecule has 0 fully saturated rings. The third-order valence-corrected chi connectivity index (χ3v) is 6.21. The Balaban J connectivity index is 1.78. The third kappa shape index (κ3) is 4.83. The molecule has 2 heterocycles. The van der Waals surface area contributed by atoms with Crippen LogP contribution < -0.4 is 5.56 Å². The summed E-state index contributed by atoms with van der Waals surface area (Å²) in [6.45, 7) is 7.96. The number of fused-ring (bicyclic) bond motifs is 1. The Morgan fingerprint density at radius 2 is 2.00 bits per heavy atom. The highest BCUT2D eigenvalue weighted by Crippen LogP contribution is 2.22. The highest BCUT2D eigenvalue weighted by molar-refractivity contribution is 7.99. The maximum Gasteiger partial charge on any atom is 0.272 e. The summed E-state index contributed by atoms with van der Waals surface area (Å²) in [5.41, 5.74) is 1.80. The van der Waals surface area contributed by atoms with E-state index in [0.717, 1.165) is 5.56 Å². The van der Waals surface area contributed by atoms with Crippen LogP contribution in [0.2, 0.25) is 0 Å². The minimum absolute atomic E-state index is 0.0136. The first-order chi connectivity index (χ1) is 13.5. The molecule has 3 aromatic rings. The van der Waals surface area contributed by atoms with Crippen molar-refractivity contribution in [2.45, 2.75) is 39.0 Å². The number of hydrogen-bond donors (Lipinski definition) is 0. The van der Waals surface area contributed by atoms with Crippen LogP contribution in [0.1, 0.15) is 26.3 Å². The zero-order valence-electron chi connectivity index (χ0n) is 16.4. The molecule has 7 heteroatoms. The fraction of sp³-hybridized carbons (Fsp3) is 0.381. The topological polar surface area (TPSA) is 55.2 Å². The molecule has 0 aliphatic rings. The van der Waals surface area contributed by atoms with E-state index >= 15 is 0 Å². The summed E-state index contributed by atoms with van der Waals surface area (Å²) < 4.78 is 2.39. The predicted octanol–water partition coefficient (Wildman–Crippen LogP) is 4.25. The zero-order chi connectivity index (χ0) is 20.1. The number of amides is 1. The van der Waals surface area contributed by atoms with Crippen molar-refractivity contribution in [2.75, 3.05) is 12.3 Å². The lowest BCUT2D eigenvalue weighted by atomic mass is 10.2. The Hall–Kier alpha value is -2.12. The first kappa shape index (κ1) is 20.6. The maximum atomic E-state index is 12.8. The van der Waals surface area contributed by atoms with Crippen LogP contribution in [0, 0.1) is 5.92 Å². The second kappa shape index (κ2) is 9.39. The number of thioether (sulfide) groups is 1. The van der Waals surface area contributed by atoms with Crippen LogP contribution in [0.15, 0.2) is 51.7 Å². The average molecular weight is 416 g/mol. The fourth-order valence-electron chi connectivity index (χ4n) is 2.96. The van der Waals surface area contributed by atoms with Crippen LogP contribution in [-0.2, 0) is 17.9 Å². The van der Waals surface area contributed by atoms with Gasteiger partial charge < -0.3 is 4.90 Å². The van der Waals surface area contributed by atoms with Crippen molar-refractivity contribution in [3.8, 4) is 0 Å².